The summed E-state index contributed by atoms with van der Waals surface area (Å²) in [5.74, 6) is -3.08. The second kappa shape index (κ2) is 9.00. The summed E-state index contributed by atoms with van der Waals surface area (Å²) in [5.41, 5.74) is -1.96. The molecule has 0 aromatic rings. The lowest BCUT2D eigenvalue weighted by Gasteiger charge is -2.56. The number of cyclic esters (lactones) is 1. The van der Waals surface area contributed by atoms with E-state index < -0.39 is 59.2 Å². The Balaban J connectivity index is 1.86. The van der Waals surface area contributed by atoms with Gasteiger partial charge in [-0.15, -0.1) is 0 Å². The maximum Gasteiger partial charge on any atom is 0.335 e. The molecule has 1 saturated carbocycles. The fourth-order valence-electron chi connectivity index (χ4n) is 5.91. The van der Waals surface area contributed by atoms with Crippen LogP contribution in [0.5, 0.6) is 0 Å². The Labute approximate surface area is 182 Å². The number of hydrogen-bond acceptors (Lipinski definition) is 8. The number of hydrogen-bond donors (Lipinski definition) is 3. The first-order chi connectivity index (χ1) is 14.6. The summed E-state index contributed by atoms with van der Waals surface area (Å²) in [5, 5.41) is 31.9. The van der Waals surface area contributed by atoms with Crippen molar-refractivity contribution in [3.8, 4) is 0 Å². The Morgan fingerprint density at radius 1 is 1.32 bits per heavy atom. The number of rotatable bonds is 8. The van der Waals surface area contributed by atoms with Crippen LogP contribution in [0, 0.1) is 22.7 Å². The van der Waals surface area contributed by atoms with Crippen molar-refractivity contribution in [1.29, 1.82) is 0 Å². The highest BCUT2D eigenvalue weighted by Crippen LogP contribution is 2.63. The molecule has 0 amide bonds. The standard InChI is InChI=1S/C23H34O8/c1-4-5-6-7-8-14(25)19(27)30-15-11-22(2,3)16-10-9-13(12-24)17-20(28)31-21(29)23(16,17)18(15)26/h9,12,14-18,20,25-26,28H,4-8,10-11H2,1-3H3. The van der Waals surface area contributed by atoms with Crippen molar-refractivity contribution in [2.45, 2.75) is 90.3 Å². The van der Waals surface area contributed by atoms with Crippen LogP contribution < -0.4 is 0 Å². The zero-order valence-electron chi connectivity index (χ0n) is 18.5. The molecule has 0 radical (unpaired) electrons. The van der Waals surface area contributed by atoms with Gasteiger partial charge >= 0.3 is 11.9 Å². The van der Waals surface area contributed by atoms with Crippen molar-refractivity contribution in [1.82, 2.24) is 0 Å². The van der Waals surface area contributed by atoms with E-state index in [2.05, 4.69) is 6.92 Å². The van der Waals surface area contributed by atoms with Gasteiger partial charge in [0.25, 0.3) is 0 Å². The van der Waals surface area contributed by atoms with Gasteiger partial charge in [0, 0.05) is 0 Å². The second-order valence-corrected chi connectivity index (χ2v) is 9.79. The first-order valence-corrected chi connectivity index (χ1v) is 11.2. The fourth-order valence-corrected chi connectivity index (χ4v) is 5.91. The molecule has 3 N–H and O–H groups in total. The molecule has 174 valence electrons. The molecule has 0 bridgehead atoms. The lowest BCUT2D eigenvalue weighted by atomic mass is 9.46. The van der Waals surface area contributed by atoms with Crippen LogP contribution in [0.4, 0.5) is 0 Å². The Morgan fingerprint density at radius 3 is 2.68 bits per heavy atom. The highest BCUT2D eigenvalue weighted by molar-refractivity contribution is 5.87. The van der Waals surface area contributed by atoms with Gasteiger partial charge in [-0.3, -0.25) is 9.59 Å². The van der Waals surface area contributed by atoms with Gasteiger partial charge in [-0.25, -0.2) is 4.79 Å². The predicted octanol–water partition coefficient (Wildman–Crippen LogP) is 1.64. The Bertz CT molecular complexity index is 744. The number of unbranched alkanes of at least 4 members (excludes halogenated alkanes) is 3. The van der Waals surface area contributed by atoms with Gasteiger partial charge in [-0.1, -0.05) is 52.5 Å². The molecule has 0 aromatic carbocycles. The number of ether oxygens (including phenoxy) is 2. The van der Waals surface area contributed by atoms with E-state index in [1.165, 1.54) is 0 Å². The molecule has 3 rings (SSSR count). The zero-order valence-corrected chi connectivity index (χ0v) is 18.5. The van der Waals surface area contributed by atoms with Gasteiger partial charge in [-0.2, -0.15) is 0 Å². The third-order valence-electron chi connectivity index (χ3n) is 7.43. The van der Waals surface area contributed by atoms with Crippen molar-refractivity contribution in [2.24, 2.45) is 22.7 Å². The van der Waals surface area contributed by atoms with Crippen LogP contribution in [0.25, 0.3) is 0 Å². The molecule has 1 saturated heterocycles. The van der Waals surface area contributed by atoms with Gasteiger partial charge in [0.1, 0.15) is 23.9 Å². The quantitative estimate of drug-likeness (QED) is 0.296. The van der Waals surface area contributed by atoms with E-state index in [1.807, 2.05) is 13.8 Å². The van der Waals surface area contributed by atoms with Gasteiger partial charge in [-0.05, 0) is 36.2 Å². The number of aliphatic hydroxyl groups is 3. The van der Waals surface area contributed by atoms with Gasteiger partial charge in [0.05, 0.1) is 5.92 Å². The third-order valence-corrected chi connectivity index (χ3v) is 7.43. The van der Waals surface area contributed by atoms with Crippen LogP contribution in [-0.2, 0) is 23.9 Å². The largest absolute Gasteiger partial charge is 0.458 e. The molecule has 3 aliphatic rings. The summed E-state index contributed by atoms with van der Waals surface area (Å²) in [7, 11) is 0. The van der Waals surface area contributed by atoms with Gasteiger partial charge in [0.2, 0.25) is 6.29 Å². The number of esters is 2. The van der Waals surface area contributed by atoms with Crippen molar-refractivity contribution in [3.63, 3.8) is 0 Å². The van der Waals surface area contributed by atoms with Crippen molar-refractivity contribution >= 4 is 18.2 Å². The van der Waals surface area contributed by atoms with Crippen LogP contribution in [0.15, 0.2) is 11.6 Å². The number of aliphatic hydroxyl groups excluding tert-OH is 3. The molecular formula is C23H34O8. The number of carbonyl (C=O) groups is 3. The minimum Gasteiger partial charge on any atom is -0.458 e. The molecular weight excluding hydrogens is 404 g/mol. The molecule has 0 aromatic heterocycles. The first kappa shape index (κ1) is 23.9. The molecule has 7 atom stereocenters. The van der Waals surface area contributed by atoms with Gasteiger partial charge in [0.15, 0.2) is 6.10 Å². The molecule has 1 heterocycles. The fraction of sp³-hybridized carbons (Fsp3) is 0.783. The SMILES string of the molecule is CCCCCCC(O)C(=O)OC1CC(C)(C)C2CC=C(C=O)C3C(O)OC(=O)C32C1O. The molecule has 2 fully saturated rings. The summed E-state index contributed by atoms with van der Waals surface area (Å²) in [6.45, 7) is 5.88. The topological polar surface area (TPSA) is 130 Å². The van der Waals surface area contributed by atoms with E-state index >= 15 is 0 Å². The monoisotopic (exact) mass is 438 g/mol. The summed E-state index contributed by atoms with van der Waals surface area (Å²) >= 11 is 0. The molecule has 1 aliphatic heterocycles. The Morgan fingerprint density at radius 2 is 2.03 bits per heavy atom. The van der Waals surface area contributed by atoms with E-state index in [-0.39, 0.29) is 18.4 Å². The van der Waals surface area contributed by atoms with Crippen molar-refractivity contribution in [3.05, 3.63) is 11.6 Å². The van der Waals surface area contributed by atoms with Crippen LogP contribution >= 0.6 is 0 Å². The number of allylic oxidation sites excluding steroid dienone is 1. The maximum absolute atomic E-state index is 13.0. The van der Waals surface area contributed by atoms with Crippen LogP contribution in [0.1, 0.15) is 65.7 Å². The van der Waals surface area contributed by atoms with Crippen molar-refractivity contribution < 1.29 is 39.2 Å². The summed E-state index contributed by atoms with van der Waals surface area (Å²) < 4.78 is 10.6. The van der Waals surface area contributed by atoms with Crippen molar-refractivity contribution in [2.75, 3.05) is 0 Å². The lowest BCUT2D eigenvalue weighted by molar-refractivity contribution is -0.211. The highest BCUT2D eigenvalue weighted by atomic mass is 16.6. The normalized spacial score (nSPS) is 37.2. The number of aldehydes is 1. The summed E-state index contributed by atoms with van der Waals surface area (Å²) in [6.07, 6.45) is 1.37. The Kier molecular flexibility index (Phi) is 6.93. The lowest BCUT2D eigenvalue weighted by Crippen LogP contribution is -2.65. The predicted molar refractivity (Wildman–Crippen MR) is 109 cm³/mol. The van der Waals surface area contributed by atoms with E-state index in [4.69, 9.17) is 9.47 Å². The van der Waals surface area contributed by atoms with Crippen LogP contribution in [-0.4, -0.2) is 58.1 Å². The molecule has 31 heavy (non-hydrogen) atoms. The average molecular weight is 439 g/mol. The molecule has 8 nitrogen and oxygen atoms in total. The average Bonchev–Trinajstić information content (AvgIpc) is 2.99. The smallest absolute Gasteiger partial charge is 0.335 e. The first-order valence-electron chi connectivity index (χ1n) is 11.2. The maximum atomic E-state index is 13.0. The van der Waals surface area contributed by atoms with Crippen LogP contribution in [0.2, 0.25) is 0 Å². The second-order valence-electron chi connectivity index (χ2n) is 9.79. The summed E-state index contributed by atoms with van der Waals surface area (Å²) in [6, 6.07) is 0. The third kappa shape index (κ3) is 3.94. The molecule has 1 spiro atoms. The highest BCUT2D eigenvalue weighted by Gasteiger charge is 2.73. The molecule has 8 heteroatoms. The van der Waals surface area contributed by atoms with E-state index in [1.54, 1.807) is 6.08 Å². The van der Waals surface area contributed by atoms with E-state index in [9.17, 15) is 29.7 Å². The molecule has 2 aliphatic carbocycles. The minimum atomic E-state index is -1.59. The molecule has 7 unspecified atom stereocenters. The minimum absolute atomic E-state index is 0.201. The van der Waals surface area contributed by atoms with Crippen LogP contribution in [0.3, 0.4) is 0 Å². The zero-order chi connectivity index (χ0) is 23.0. The number of carbonyl (C=O) groups excluding carboxylic acids is 3. The van der Waals surface area contributed by atoms with E-state index in [0.29, 0.717) is 19.1 Å². The van der Waals surface area contributed by atoms with E-state index in [0.717, 1.165) is 19.3 Å². The summed E-state index contributed by atoms with van der Waals surface area (Å²) in [4.78, 5) is 37.2. The Hall–Kier alpha value is -1.77. The van der Waals surface area contributed by atoms with Gasteiger partial charge < -0.3 is 24.8 Å².